The van der Waals surface area contributed by atoms with Gasteiger partial charge in [0.25, 0.3) is 0 Å². The molecule has 0 spiro atoms. The molecule has 3 rings (SSSR count). The number of fused-ring (bicyclic) bond motifs is 1. The Hall–Kier alpha value is -3.12. The monoisotopic (exact) mass is 370 g/mol. The zero-order valence-electron chi connectivity index (χ0n) is 14.2. The molecule has 1 aromatic carbocycles. The molecule has 1 unspecified atom stereocenters. The van der Waals surface area contributed by atoms with Gasteiger partial charge in [-0.2, -0.15) is 4.98 Å². The van der Waals surface area contributed by atoms with Crippen molar-refractivity contribution in [2.24, 2.45) is 0 Å². The van der Waals surface area contributed by atoms with E-state index in [2.05, 4.69) is 16.0 Å². The number of nitrogens with one attached hydrogen (secondary N) is 1. The molecule has 0 radical (unpaired) electrons. The number of terminal acetylenes is 1. The van der Waals surface area contributed by atoms with E-state index in [9.17, 15) is 9.00 Å². The van der Waals surface area contributed by atoms with Gasteiger partial charge in [0.15, 0.2) is 11.5 Å². The van der Waals surface area contributed by atoms with Gasteiger partial charge < -0.3 is 5.73 Å². The van der Waals surface area contributed by atoms with Crippen LogP contribution < -0.4 is 11.4 Å². The van der Waals surface area contributed by atoms with E-state index in [0.29, 0.717) is 6.42 Å². The Balaban J connectivity index is 2.30. The molecule has 0 aliphatic rings. The maximum Gasteiger partial charge on any atom is 0.342 e. The Morgan fingerprint density at radius 2 is 2.00 bits per heavy atom. The van der Waals surface area contributed by atoms with Crippen molar-refractivity contribution in [3.63, 3.8) is 0 Å². The van der Waals surface area contributed by atoms with Crippen LogP contribution in [0.5, 0.6) is 0 Å². The van der Waals surface area contributed by atoms with Crippen LogP contribution in [-0.4, -0.2) is 29.1 Å². The highest BCUT2D eigenvalue weighted by Gasteiger charge is 2.22. The molecular weight excluding hydrogens is 352 g/mol. The third-order valence-corrected chi connectivity index (χ3v) is 5.63. The second kappa shape index (κ2) is 6.65. The van der Waals surface area contributed by atoms with Crippen LogP contribution in [-0.2, 0) is 16.3 Å². The Bertz CT molecular complexity index is 1170. The molecule has 2 aromatic heterocycles. The van der Waals surface area contributed by atoms with Gasteiger partial charge in [-0.15, -0.1) is 0 Å². The first-order valence-corrected chi connectivity index (χ1v) is 9.67. The zero-order valence-corrected chi connectivity index (χ0v) is 15.0. The Kier molecular flexibility index (Phi) is 4.52. The first-order chi connectivity index (χ1) is 12.4. The fourth-order valence-corrected chi connectivity index (χ4v) is 3.94. The van der Waals surface area contributed by atoms with Crippen molar-refractivity contribution in [1.82, 2.24) is 19.1 Å². The van der Waals surface area contributed by atoms with Crippen LogP contribution in [0.4, 0.5) is 5.82 Å². The maximum atomic E-state index is 12.7. The van der Waals surface area contributed by atoms with Gasteiger partial charge in [0.2, 0.25) is 5.16 Å². The van der Waals surface area contributed by atoms with Crippen molar-refractivity contribution in [2.45, 2.75) is 25.0 Å². The van der Waals surface area contributed by atoms with E-state index in [1.807, 2.05) is 37.3 Å². The number of imidazole rings is 1. The van der Waals surface area contributed by atoms with Gasteiger partial charge in [-0.05, 0) is 12.0 Å². The number of hydrogen-bond donors (Lipinski definition) is 2. The number of hydrogen-bond acceptors (Lipinski definition) is 6. The van der Waals surface area contributed by atoms with Crippen molar-refractivity contribution in [1.29, 1.82) is 4.78 Å². The third-order valence-electron chi connectivity index (χ3n) is 3.87. The minimum Gasteiger partial charge on any atom is -0.382 e. The summed E-state index contributed by atoms with van der Waals surface area (Å²) in [6.07, 6.45) is 5.99. The first kappa shape index (κ1) is 17.7. The second-order valence-electron chi connectivity index (χ2n) is 5.76. The molecule has 0 saturated heterocycles. The lowest BCUT2D eigenvalue weighted by Gasteiger charge is -2.07. The molecule has 3 N–H and O–H groups in total. The summed E-state index contributed by atoms with van der Waals surface area (Å²) in [7, 11) is -3.20. The molecule has 0 fully saturated rings. The minimum absolute atomic E-state index is 0.0667. The topological polar surface area (TPSA) is 120 Å². The van der Waals surface area contributed by atoms with E-state index in [4.69, 9.17) is 16.9 Å². The summed E-state index contributed by atoms with van der Waals surface area (Å²) < 4.78 is 23.0. The highest BCUT2D eigenvalue weighted by atomic mass is 32.2. The predicted molar refractivity (Wildman–Crippen MR) is 100 cm³/mol. The Morgan fingerprint density at radius 1 is 1.31 bits per heavy atom. The van der Waals surface area contributed by atoms with Crippen molar-refractivity contribution in [2.75, 3.05) is 11.5 Å². The van der Waals surface area contributed by atoms with Crippen LogP contribution in [0.1, 0.15) is 18.9 Å². The average molecular weight is 370 g/mol. The number of aromatic nitrogens is 4. The third kappa shape index (κ3) is 2.95. The lowest BCUT2D eigenvalue weighted by molar-refractivity contribution is 0.665. The van der Waals surface area contributed by atoms with E-state index in [1.165, 1.54) is 4.57 Å². The summed E-state index contributed by atoms with van der Waals surface area (Å²) in [4.78, 5) is 20.9. The number of nitrogens with zero attached hydrogens (tertiary/aromatic N) is 4. The molecule has 0 aliphatic carbocycles. The molecule has 26 heavy (non-hydrogen) atoms. The number of nitrogens with two attached hydrogens (primary N) is 1. The van der Waals surface area contributed by atoms with Gasteiger partial charge in [-0.25, -0.2) is 23.3 Å². The molecule has 134 valence electrons. The smallest absolute Gasteiger partial charge is 0.342 e. The lowest BCUT2D eigenvalue weighted by atomic mass is 10.2. The standard InChI is InChI=1S/C17H18N6O2S/c1-3-10-26(19,25)16-20-14(18)13-15(21-16)23(17(24)22(13)4-2)11-12-8-6-5-7-9-12/h2,5-9,19H,3,10-11H2,1H3,(H2,18,20,21). The molecule has 2 heterocycles. The summed E-state index contributed by atoms with van der Waals surface area (Å²) >= 11 is 0. The molecule has 1 atom stereocenters. The molecule has 0 saturated carbocycles. The van der Waals surface area contributed by atoms with E-state index in [1.54, 1.807) is 0 Å². The zero-order chi connectivity index (χ0) is 18.9. The van der Waals surface area contributed by atoms with Crippen LogP contribution in [0.3, 0.4) is 0 Å². The minimum atomic E-state index is -3.20. The molecule has 0 aliphatic heterocycles. The summed E-state index contributed by atoms with van der Waals surface area (Å²) in [5.41, 5.74) is 6.71. The number of rotatable bonds is 5. The highest BCUT2D eigenvalue weighted by Crippen LogP contribution is 2.20. The van der Waals surface area contributed by atoms with Crippen molar-refractivity contribution in [3.05, 3.63) is 46.4 Å². The molecule has 0 amide bonds. The fraction of sp³-hybridized carbons (Fsp3) is 0.235. The summed E-state index contributed by atoms with van der Waals surface area (Å²) in [6, 6.07) is 11.6. The molecule has 9 heteroatoms. The van der Waals surface area contributed by atoms with E-state index in [-0.39, 0.29) is 34.4 Å². The van der Waals surface area contributed by atoms with Crippen molar-refractivity contribution in [3.8, 4) is 12.5 Å². The Labute approximate surface area is 150 Å². The first-order valence-electron chi connectivity index (χ1n) is 7.95. The number of benzene rings is 1. The quantitative estimate of drug-likeness (QED) is 0.521. The van der Waals surface area contributed by atoms with E-state index >= 15 is 0 Å². The van der Waals surface area contributed by atoms with Gasteiger partial charge in [0.05, 0.1) is 6.54 Å². The van der Waals surface area contributed by atoms with Crippen LogP contribution in [0.25, 0.3) is 11.2 Å². The molecule has 3 aromatic rings. The summed E-state index contributed by atoms with van der Waals surface area (Å²) in [6.45, 7) is 2.03. The SMILES string of the molecule is C#Cn1c(=O)n(Cc2ccccc2)c2nc(S(=N)(=O)CCC)nc(N)c21. The van der Waals surface area contributed by atoms with E-state index < -0.39 is 15.4 Å². The predicted octanol–water partition coefficient (Wildman–Crippen LogP) is 1.48. The maximum absolute atomic E-state index is 12.7. The van der Waals surface area contributed by atoms with Crippen LogP contribution >= 0.6 is 0 Å². The molecular formula is C17H18N6O2S. The van der Waals surface area contributed by atoms with Crippen LogP contribution in [0.2, 0.25) is 0 Å². The second-order valence-corrected chi connectivity index (χ2v) is 7.89. The van der Waals surface area contributed by atoms with Gasteiger partial charge in [-0.1, -0.05) is 43.7 Å². The van der Waals surface area contributed by atoms with Crippen LogP contribution in [0.15, 0.2) is 40.3 Å². The largest absolute Gasteiger partial charge is 0.382 e. The fourth-order valence-electron chi connectivity index (χ4n) is 2.70. The number of anilines is 1. The van der Waals surface area contributed by atoms with Gasteiger partial charge >= 0.3 is 5.69 Å². The highest BCUT2D eigenvalue weighted by molar-refractivity contribution is 7.92. The summed E-state index contributed by atoms with van der Waals surface area (Å²) in [5, 5.41) is -0.180. The van der Waals surface area contributed by atoms with E-state index in [0.717, 1.165) is 10.1 Å². The van der Waals surface area contributed by atoms with Gasteiger partial charge in [0, 0.05) is 11.8 Å². The average Bonchev–Trinajstić information content (AvgIpc) is 2.88. The lowest BCUT2D eigenvalue weighted by Crippen LogP contribution is -2.23. The van der Waals surface area contributed by atoms with Crippen molar-refractivity contribution < 1.29 is 4.21 Å². The normalized spacial score (nSPS) is 13.4. The molecule has 8 nitrogen and oxygen atoms in total. The summed E-state index contributed by atoms with van der Waals surface area (Å²) in [5.74, 6) is 0.0411. The Morgan fingerprint density at radius 3 is 2.62 bits per heavy atom. The van der Waals surface area contributed by atoms with Crippen molar-refractivity contribution >= 4 is 26.7 Å². The van der Waals surface area contributed by atoms with Gasteiger partial charge in [0.1, 0.15) is 15.2 Å². The number of nitrogen functional groups attached to an aromatic ring is 1. The van der Waals surface area contributed by atoms with Gasteiger partial charge in [-0.3, -0.25) is 4.57 Å². The molecule has 0 bridgehead atoms. The van der Waals surface area contributed by atoms with Crippen LogP contribution in [0, 0.1) is 17.2 Å².